The van der Waals surface area contributed by atoms with Gasteiger partial charge >= 0.3 is 0 Å². The summed E-state index contributed by atoms with van der Waals surface area (Å²) in [5.41, 5.74) is 5.17. The molecule has 17 heavy (non-hydrogen) atoms. The Morgan fingerprint density at radius 3 is 2.82 bits per heavy atom. The first kappa shape index (κ1) is 11.9. The Bertz CT molecular complexity index is 500. The quantitative estimate of drug-likeness (QED) is 0.871. The van der Waals surface area contributed by atoms with E-state index >= 15 is 0 Å². The van der Waals surface area contributed by atoms with E-state index in [1.807, 2.05) is 13.2 Å². The first-order chi connectivity index (χ1) is 8.20. The summed E-state index contributed by atoms with van der Waals surface area (Å²) in [6.07, 6.45) is 1.86. The average Bonchev–Trinajstić information content (AvgIpc) is 2.72. The van der Waals surface area contributed by atoms with Crippen LogP contribution in [0.4, 0.5) is 0 Å². The molecule has 0 saturated carbocycles. The minimum absolute atomic E-state index is 0.845. The third kappa shape index (κ3) is 2.74. The molecule has 1 heterocycles. The summed E-state index contributed by atoms with van der Waals surface area (Å²) in [6.45, 7) is 5.97. The Labute approximate surface area is 102 Å². The van der Waals surface area contributed by atoms with E-state index < -0.39 is 0 Å². The fourth-order valence-electron chi connectivity index (χ4n) is 1.97. The molecule has 1 aromatic carbocycles. The van der Waals surface area contributed by atoms with Crippen LogP contribution in [0.5, 0.6) is 0 Å². The highest BCUT2D eigenvalue weighted by atomic mass is 15.3. The number of rotatable bonds is 4. The van der Waals surface area contributed by atoms with E-state index in [2.05, 4.69) is 53.2 Å². The standard InChI is InChI=1S/C14H19N3/c1-11-4-5-12(2)13(8-11)10-17-14(9-15-3)6-7-16-17/h4-8,15H,9-10H2,1-3H3. The smallest absolute Gasteiger partial charge is 0.0665 e. The predicted octanol–water partition coefficient (Wildman–Crippen LogP) is 2.27. The van der Waals surface area contributed by atoms with Crippen LogP contribution in [0.1, 0.15) is 22.4 Å². The molecule has 90 valence electrons. The zero-order chi connectivity index (χ0) is 12.3. The van der Waals surface area contributed by atoms with Crippen LogP contribution in [0.2, 0.25) is 0 Å². The largest absolute Gasteiger partial charge is 0.314 e. The second kappa shape index (κ2) is 5.15. The maximum atomic E-state index is 4.38. The van der Waals surface area contributed by atoms with Crippen molar-refractivity contribution in [3.05, 3.63) is 52.8 Å². The second-order valence-electron chi connectivity index (χ2n) is 4.44. The Kier molecular flexibility index (Phi) is 3.59. The number of aromatic nitrogens is 2. The highest BCUT2D eigenvalue weighted by molar-refractivity contribution is 5.30. The number of aryl methyl sites for hydroxylation is 2. The minimum Gasteiger partial charge on any atom is -0.314 e. The Morgan fingerprint density at radius 2 is 2.06 bits per heavy atom. The summed E-state index contributed by atoms with van der Waals surface area (Å²) in [6, 6.07) is 8.62. The topological polar surface area (TPSA) is 29.9 Å². The zero-order valence-electron chi connectivity index (χ0n) is 10.7. The van der Waals surface area contributed by atoms with Crippen molar-refractivity contribution in [2.75, 3.05) is 7.05 Å². The Hall–Kier alpha value is -1.61. The summed E-state index contributed by atoms with van der Waals surface area (Å²) >= 11 is 0. The van der Waals surface area contributed by atoms with E-state index in [-0.39, 0.29) is 0 Å². The van der Waals surface area contributed by atoms with Gasteiger partial charge in [0.15, 0.2) is 0 Å². The number of nitrogens with zero attached hydrogens (tertiary/aromatic N) is 2. The van der Waals surface area contributed by atoms with Crippen LogP contribution in [0.3, 0.4) is 0 Å². The lowest BCUT2D eigenvalue weighted by Crippen LogP contribution is -2.13. The van der Waals surface area contributed by atoms with Crippen molar-refractivity contribution in [2.45, 2.75) is 26.9 Å². The molecule has 3 nitrogen and oxygen atoms in total. The van der Waals surface area contributed by atoms with Gasteiger partial charge in [0, 0.05) is 12.7 Å². The van der Waals surface area contributed by atoms with Crippen molar-refractivity contribution in [2.24, 2.45) is 0 Å². The lowest BCUT2D eigenvalue weighted by atomic mass is 10.1. The fourth-order valence-corrected chi connectivity index (χ4v) is 1.97. The predicted molar refractivity (Wildman–Crippen MR) is 70.0 cm³/mol. The highest BCUT2D eigenvalue weighted by Gasteiger charge is 2.04. The molecule has 2 rings (SSSR count). The molecular weight excluding hydrogens is 210 g/mol. The van der Waals surface area contributed by atoms with Crippen molar-refractivity contribution < 1.29 is 0 Å². The van der Waals surface area contributed by atoms with Crippen LogP contribution in [0.25, 0.3) is 0 Å². The first-order valence-corrected chi connectivity index (χ1v) is 5.92. The van der Waals surface area contributed by atoms with Gasteiger partial charge in [-0.15, -0.1) is 0 Å². The van der Waals surface area contributed by atoms with Crippen molar-refractivity contribution in [3.63, 3.8) is 0 Å². The number of hydrogen-bond acceptors (Lipinski definition) is 2. The van der Waals surface area contributed by atoms with E-state index in [1.165, 1.54) is 22.4 Å². The van der Waals surface area contributed by atoms with Crippen LogP contribution in [-0.4, -0.2) is 16.8 Å². The monoisotopic (exact) mass is 229 g/mol. The molecule has 1 N–H and O–H groups in total. The van der Waals surface area contributed by atoms with E-state index in [0.717, 1.165) is 13.1 Å². The summed E-state index contributed by atoms with van der Waals surface area (Å²) in [4.78, 5) is 0. The normalized spacial score (nSPS) is 10.8. The van der Waals surface area contributed by atoms with E-state index in [4.69, 9.17) is 0 Å². The average molecular weight is 229 g/mol. The molecule has 0 unspecified atom stereocenters. The van der Waals surface area contributed by atoms with Crippen LogP contribution >= 0.6 is 0 Å². The Balaban J connectivity index is 2.25. The van der Waals surface area contributed by atoms with Gasteiger partial charge < -0.3 is 5.32 Å². The molecule has 0 radical (unpaired) electrons. The van der Waals surface area contributed by atoms with Crippen molar-refractivity contribution in [1.29, 1.82) is 0 Å². The van der Waals surface area contributed by atoms with Gasteiger partial charge in [0.25, 0.3) is 0 Å². The molecule has 0 spiro atoms. The molecule has 0 bridgehead atoms. The van der Waals surface area contributed by atoms with Crippen LogP contribution in [0.15, 0.2) is 30.5 Å². The summed E-state index contributed by atoms with van der Waals surface area (Å²) in [5.74, 6) is 0. The van der Waals surface area contributed by atoms with Crippen LogP contribution < -0.4 is 5.32 Å². The molecule has 2 aromatic rings. The molecule has 0 fully saturated rings. The van der Waals surface area contributed by atoms with Gasteiger partial charge in [-0.25, -0.2) is 0 Å². The molecule has 0 saturated heterocycles. The van der Waals surface area contributed by atoms with E-state index in [9.17, 15) is 0 Å². The van der Waals surface area contributed by atoms with Crippen molar-refractivity contribution >= 4 is 0 Å². The van der Waals surface area contributed by atoms with Crippen LogP contribution in [-0.2, 0) is 13.1 Å². The summed E-state index contributed by atoms with van der Waals surface area (Å²) in [5, 5.41) is 7.54. The number of benzene rings is 1. The molecule has 0 aliphatic heterocycles. The third-order valence-corrected chi connectivity index (χ3v) is 2.99. The molecule has 3 heteroatoms. The SMILES string of the molecule is CNCc1ccnn1Cc1cc(C)ccc1C. The lowest BCUT2D eigenvalue weighted by molar-refractivity contribution is 0.620. The highest BCUT2D eigenvalue weighted by Crippen LogP contribution is 2.13. The van der Waals surface area contributed by atoms with Gasteiger partial charge in [-0.05, 0) is 38.1 Å². The van der Waals surface area contributed by atoms with Gasteiger partial charge in [-0.2, -0.15) is 5.10 Å². The zero-order valence-corrected chi connectivity index (χ0v) is 10.7. The Morgan fingerprint density at radius 1 is 1.24 bits per heavy atom. The second-order valence-corrected chi connectivity index (χ2v) is 4.44. The third-order valence-electron chi connectivity index (χ3n) is 2.99. The maximum absolute atomic E-state index is 4.38. The molecule has 0 aliphatic rings. The van der Waals surface area contributed by atoms with E-state index in [1.54, 1.807) is 0 Å². The summed E-state index contributed by atoms with van der Waals surface area (Å²) in [7, 11) is 1.95. The molecule has 0 amide bonds. The van der Waals surface area contributed by atoms with E-state index in [0.29, 0.717) is 0 Å². The van der Waals surface area contributed by atoms with Gasteiger partial charge in [-0.3, -0.25) is 4.68 Å². The molecular formula is C14H19N3. The van der Waals surface area contributed by atoms with Gasteiger partial charge in [0.1, 0.15) is 0 Å². The first-order valence-electron chi connectivity index (χ1n) is 5.92. The number of nitrogens with one attached hydrogen (secondary N) is 1. The fraction of sp³-hybridized carbons (Fsp3) is 0.357. The van der Waals surface area contributed by atoms with Crippen LogP contribution in [0, 0.1) is 13.8 Å². The molecule has 1 aromatic heterocycles. The molecule has 0 atom stereocenters. The lowest BCUT2D eigenvalue weighted by Gasteiger charge is -2.10. The minimum atomic E-state index is 0.845. The maximum Gasteiger partial charge on any atom is 0.0665 e. The van der Waals surface area contributed by atoms with Gasteiger partial charge in [0.05, 0.1) is 12.2 Å². The van der Waals surface area contributed by atoms with Gasteiger partial charge in [-0.1, -0.05) is 23.8 Å². The summed E-state index contributed by atoms with van der Waals surface area (Å²) < 4.78 is 2.05. The van der Waals surface area contributed by atoms with Crippen molar-refractivity contribution in [3.8, 4) is 0 Å². The molecule has 0 aliphatic carbocycles. The van der Waals surface area contributed by atoms with Crippen molar-refractivity contribution in [1.82, 2.24) is 15.1 Å². The number of hydrogen-bond donors (Lipinski definition) is 1. The van der Waals surface area contributed by atoms with Gasteiger partial charge in [0.2, 0.25) is 0 Å².